The number of hydrogen-bond donors (Lipinski definition) is 1. The first-order chi connectivity index (χ1) is 8.07. The lowest BCUT2D eigenvalue weighted by Gasteiger charge is -2.40. The number of carbonyl (C=O) groups excluding carboxylic acids is 1. The van der Waals surface area contributed by atoms with Gasteiger partial charge in [-0.2, -0.15) is 0 Å². The van der Waals surface area contributed by atoms with E-state index in [-0.39, 0.29) is 5.41 Å². The molecular formula is C14H28N2O. The molecule has 0 aromatic heterocycles. The van der Waals surface area contributed by atoms with Gasteiger partial charge in [-0.1, -0.05) is 20.3 Å². The van der Waals surface area contributed by atoms with Crippen molar-refractivity contribution in [2.75, 3.05) is 20.1 Å². The van der Waals surface area contributed by atoms with E-state index in [0.717, 1.165) is 45.2 Å². The van der Waals surface area contributed by atoms with E-state index in [4.69, 9.17) is 0 Å². The number of carbonyl (C=O) groups is 1. The molecule has 0 spiro atoms. The SMILES string of the molecule is CCCC1(C(=O)N(C)C(C)CC)CCCNC1. The molecule has 100 valence electrons. The van der Waals surface area contributed by atoms with Crippen LogP contribution in [0.3, 0.4) is 0 Å². The Balaban J connectivity index is 2.78. The summed E-state index contributed by atoms with van der Waals surface area (Å²) in [5.41, 5.74) is -0.134. The van der Waals surface area contributed by atoms with Crippen LogP contribution >= 0.6 is 0 Å². The van der Waals surface area contributed by atoms with Crippen molar-refractivity contribution in [3.63, 3.8) is 0 Å². The maximum atomic E-state index is 12.7. The summed E-state index contributed by atoms with van der Waals surface area (Å²) in [7, 11) is 1.96. The average Bonchev–Trinajstić information content (AvgIpc) is 2.37. The summed E-state index contributed by atoms with van der Waals surface area (Å²) in [6, 6.07) is 0.346. The lowest BCUT2D eigenvalue weighted by atomic mass is 9.75. The second-order valence-corrected chi connectivity index (χ2v) is 5.48. The van der Waals surface area contributed by atoms with Crippen LogP contribution in [0.5, 0.6) is 0 Å². The van der Waals surface area contributed by atoms with Gasteiger partial charge in [0.25, 0.3) is 0 Å². The summed E-state index contributed by atoms with van der Waals surface area (Å²) in [6.07, 6.45) is 5.30. The topological polar surface area (TPSA) is 32.3 Å². The molecule has 0 bridgehead atoms. The quantitative estimate of drug-likeness (QED) is 0.800. The highest BCUT2D eigenvalue weighted by Crippen LogP contribution is 2.34. The van der Waals surface area contributed by atoms with E-state index in [1.54, 1.807) is 0 Å². The molecule has 1 N–H and O–H groups in total. The van der Waals surface area contributed by atoms with Crippen molar-refractivity contribution < 1.29 is 4.79 Å². The van der Waals surface area contributed by atoms with Crippen molar-refractivity contribution in [3.8, 4) is 0 Å². The van der Waals surface area contributed by atoms with Crippen LogP contribution in [0, 0.1) is 5.41 Å². The van der Waals surface area contributed by atoms with Crippen LogP contribution in [0.2, 0.25) is 0 Å². The number of amides is 1. The van der Waals surface area contributed by atoms with Gasteiger partial charge < -0.3 is 10.2 Å². The first-order valence-electron chi connectivity index (χ1n) is 7.05. The molecular weight excluding hydrogens is 212 g/mol. The second-order valence-electron chi connectivity index (χ2n) is 5.48. The largest absolute Gasteiger partial charge is 0.343 e. The predicted octanol–water partition coefficient (Wildman–Crippen LogP) is 2.41. The van der Waals surface area contributed by atoms with Gasteiger partial charge in [-0.05, 0) is 39.2 Å². The number of hydrogen-bond acceptors (Lipinski definition) is 2. The van der Waals surface area contributed by atoms with E-state index < -0.39 is 0 Å². The zero-order valence-electron chi connectivity index (χ0n) is 11.9. The van der Waals surface area contributed by atoms with Crippen molar-refractivity contribution in [2.24, 2.45) is 5.41 Å². The van der Waals surface area contributed by atoms with E-state index in [2.05, 4.69) is 26.1 Å². The molecule has 0 radical (unpaired) electrons. The first-order valence-corrected chi connectivity index (χ1v) is 7.05. The Kier molecular flexibility index (Phi) is 5.44. The van der Waals surface area contributed by atoms with Gasteiger partial charge in [-0.3, -0.25) is 4.79 Å². The standard InChI is InChI=1S/C14H28N2O/c1-5-8-14(9-7-10-15-11-14)13(17)16(4)12(3)6-2/h12,15H,5-11H2,1-4H3. The van der Waals surface area contributed by atoms with Crippen molar-refractivity contribution in [1.29, 1.82) is 0 Å². The molecule has 1 aliphatic heterocycles. The maximum Gasteiger partial charge on any atom is 0.230 e. The summed E-state index contributed by atoms with van der Waals surface area (Å²) >= 11 is 0. The Morgan fingerprint density at radius 1 is 1.47 bits per heavy atom. The molecule has 1 fully saturated rings. The normalized spacial score (nSPS) is 26.6. The molecule has 2 unspecified atom stereocenters. The molecule has 0 aliphatic carbocycles. The zero-order valence-corrected chi connectivity index (χ0v) is 11.9. The molecule has 17 heavy (non-hydrogen) atoms. The molecule has 1 rings (SSSR count). The second kappa shape index (κ2) is 6.39. The van der Waals surface area contributed by atoms with Gasteiger partial charge in [0, 0.05) is 19.6 Å². The summed E-state index contributed by atoms with van der Waals surface area (Å²) < 4.78 is 0. The molecule has 1 amide bonds. The molecule has 2 atom stereocenters. The average molecular weight is 240 g/mol. The Bertz CT molecular complexity index is 241. The summed E-state index contributed by atoms with van der Waals surface area (Å²) in [4.78, 5) is 14.7. The van der Waals surface area contributed by atoms with Crippen LogP contribution in [-0.2, 0) is 4.79 Å². The first kappa shape index (κ1) is 14.5. The summed E-state index contributed by atoms with van der Waals surface area (Å²) in [6.45, 7) is 8.37. The lowest BCUT2D eigenvalue weighted by molar-refractivity contribution is -0.144. The maximum absolute atomic E-state index is 12.7. The number of rotatable bonds is 5. The zero-order chi connectivity index (χ0) is 12.9. The monoisotopic (exact) mass is 240 g/mol. The predicted molar refractivity (Wildman–Crippen MR) is 72.0 cm³/mol. The lowest BCUT2D eigenvalue weighted by Crippen LogP contribution is -2.52. The number of nitrogens with one attached hydrogen (secondary N) is 1. The molecule has 1 aliphatic rings. The Morgan fingerprint density at radius 2 is 2.18 bits per heavy atom. The molecule has 1 heterocycles. The van der Waals surface area contributed by atoms with Crippen LogP contribution in [-0.4, -0.2) is 37.0 Å². The summed E-state index contributed by atoms with van der Waals surface area (Å²) in [5.74, 6) is 0.348. The van der Waals surface area contributed by atoms with Crippen LogP contribution in [0.1, 0.15) is 52.9 Å². The van der Waals surface area contributed by atoms with E-state index >= 15 is 0 Å². The third kappa shape index (κ3) is 3.21. The van der Waals surface area contributed by atoms with Gasteiger partial charge in [0.05, 0.1) is 5.41 Å². The smallest absolute Gasteiger partial charge is 0.230 e. The van der Waals surface area contributed by atoms with E-state index in [1.807, 2.05) is 11.9 Å². The third-order valence-corrected chi connectivity index (χ3v) is 4.23. The fourth-order valence-corrected chi connectivity index (χ4v) is 2.80. The van der Waals surface area contributed by atoms with Crippen LogP contribution in [0.25, 0.3) is 0 Å². The van der Waals surface area contributed by atoms with Crippen LogP contribution in [0.15, 0.2) is 0 Å². The molecule has 3 heteroatoms. The minimum absolute atomic E-state index is 0.134. The summed E-state index contributed by atoms with van der Waals surface area (Å²) in [5, 5.41) is 3.41. The molecule has 3 nitrogen and oxygen atoms in total. The van der Waals surface area contributed by atoms with E-state index in [1.165, 1.54) is 0 Å². The minimum atomic E-state index is -0.134. The molecule has 0 aromatic carbocycles. The Labute approximate surface area is 106 Å². The van der Waals surface area contributed by atoms with Gasteiger partial charge >= 0.3 is 0 Å². The highest BCUT2D eigenvalue weighted by molar-refractivity contribution is 5.83. The van der Waals surface area contributed by atoms with Gasteiger partial charge in [-0.25, -0.2) is 0 Å². The van der Waals surface area contributed by atoms with E-state index in [9.17, 15) is 4.79 Å². The molecule has 0 saturated carbocycles. The molecule has 0 aromatic rings. The van der Waals surface area contributed by atoms with Crippen molar-refractivity contribution in [2.45, 2.75) is 58.9 Å². The third-order valence-electron chi connectivity index (χ3n) is 4.23. The highest BCUT2D eigenvalue weighted by atomic mass is 16.2. The van der Waals surface area contributed by atoms with Crippen molar-refractivity contribution >= 4 is 5.91 Å². The van der Waals surface area contributed by atoms with Gasteiger partial charge in [-0.15, -0.1) is 0 Å². The van der Waals surface area contributed by atoms with Crippen molar-refractivity contribution in [3.05, 3.63) is 0 Å². The Hall–Kier alpha value is -0.570. The van der Waals surface area contributed by atoms with Crippen LogP contribution < -0.4 is 5.32 Å². The fourth-order valence-electron chi connectivity index (χ4n) is 2.80. The van der Waals surface area contributed by atoms with E-state index in [0.29, 0.717) is 11.9 Å². The fraction of sp³-hybridized carbons (Fsp3) is 0.929. The van der Waals surface area contributed by atoms with Gasteiger partial charge in [0.2, 0.25) is 5.91 Å². The minimum Gasteiger partial charge on any atom is -0.343 e. The van der Waals surface area contributed by atoms with Crippen LogP contribution in [0.4, 0.5) is 0 Å². The number of nitrogens with zero attached hydrogens (tertiary/aromatic N) is 1. The van der Waals surface area contributed by atoms with Gasteiger partial charge in [0.15, 0.2) is 0 Å². The Morgan fingerprint density at radius 3 is 2.65 bits per heavy atom. The number of piperidine rings is 1. The highest BCUT2D eigenvalue weighted by Gasteiger charge is 2.41. The van der Waals surface area contributed by atoms with Crippen molar-refractivity contribution in [1.82, 2.24) is 10.2 Å². The van der Waals surface area contributed by atoms with Gasteiger partial charge in [0.1, 0.15) is 0 Å². The molecule has 1 saturated heterocycles.